The van der Waals surface area contributed by atoms with E-state index >= 15 is 0 Å². The van der Waals surface area contributed by atoms with Crippen LogP contribution in [0.4, 0.5) is 8.78 Å². The van der Waals surface area contributed by atoms with Crippen LogP contribution in [0.15, 0.2) is 36.4 Å². The third-order valence-electron chi connectivity index (χ3n) is 5.91. The van der Waals surface area contributed by atoms with Gasteiger partial charge in [0.1, 0.15) is 11.8 Å². The molecule has 0 aliphatic carbocycles. The Hall–Kier alpha value is -3.53. The zero-order valence-electron chi connectivity index (χ0n) is 18.7. The highest BCUT2D eigenvalue weighted by atomic mass is 35.5. The van der Waals surface area contributed by atoms with Crippen LogP contribution < -0.4 is 15.4 Å². The van der Waals surface area contributed by atoms with Crippen LogP contribution >= 0.6 is 11.6 Å². The minimum atomic E-state index is -3.87. The monoisotopic (exact) mass is 505 g/mol. The maximum Gasteiger partial charge on any atom is 0.353 e. The highest BCUT2D eigenvalue weighted by molar-refractivity contribution is 6.30. The number of piperidine rings is 1. The molecule has 1 atom stereocenters. The molecule has 184 valence electrons. The van der Waals surface area contributed by atoms with Crippen LogP contribution in [-0.4, -0.2) is 41.2 Å². The fourth-order valence-corrected chi connectivity index (χ4v) is 4.35. The number of imide groups is 1. The number of carbonyl (C=O) groups is 4. The molecule has 2 N–H and O–H groups in total. The van der Waals surface area contributed by atoms with E-state index in [0.717, 1.165) is 6.07 Å². The number of carbonyl (C=O) groups excluding carboxylic acids is 4. The summed E-state index contributed by atoms with van der Waals surface area (Å²) >= 11 is 5.86. The normalized spacial score (nSPS) is 17.8. The zero-order chi connectivity index (χ0) is 25.3. The number of rotatable bonds is 7. The molecular weight excluding hydrogens is 484 g/mol. The summed E-state index contributed by atoms with van der Waals surface area (Å²) in [5.74, 6) is -6.80. The Balaban J connectivity index is 1.45. The number of fused-ring (bicyclic) bond motifs is 1. The van der Waals surface area contributed by atoms with Crippen LogP contribution in [0.1, 0.15) is 46.8 Å². The largest absolute Gasteiger partial charge is 0.493 e. The van der Waals surface area contributed by atoms with Gasteiger partial charge in [-0.1, -0.05) is 23.7 Å². The summed E-state index contributed by atoms with van der Waals surface area (Å²) < 4.78 is 35.0. The van der Waals surface area contributed by atoms with Gasteiger partial charge >= 0.3 is 5.92 Å². The first-order valence-electron chi connectivity index (χ1n) is 11.0. The molecule has 0 saturated carbocycles. The Labute approximate surface area is 204 Å². The number of hydrogen-bond donors (Lipinski definition) is 2. The smallest absolute Gasteiger partial charge is 0.353 e. The van der Waals surface area contributed by atoms with E-state index in [1.165, 1.54) is 23.1 Å². The van der Waals surface area contributed by atoms with Gasteiger partial charge in [-0.05, 0) is 48.7 Å². The topological polar surface area (TPSA) is 105 Å². The first-order chi connectivity index (χ1) is 16.6. The molecule has 2 aliphatic rings. The van der Waals surface area contributed by atoms with Crippen LogP contribution in [-0.2, 0) is 33.4 Å². The lowest BCUT2D eigenvalue weighted by molar-refractivity contribution is -0.147. The van der Waals surface area contributed by atoms with Gasteiger partial charge in [-0.15, -0.1) is 0 Å². The molecule has 1 unspecified atom stereocenters. The summed E-state index contributed by atoms with van der Waals surface area (Å²) in [6.07, 6.45) is 0.372. The van der Waals surface area contributed by atoms with Crippen molar-refractivity contribution in [3.8, 4) is 5.75 Å². The molecule has 2 aromatic rings. The van der Waals surface area contributed by atoms with Crippen LogP contribution in [0.3, 0.4) is 0 Å². The van der Waals surface area contributed by atoms with E-state index < -0.39 is 29.3 Å². The summed E-state index contributed by atoms with van der Waals surface area (Å²) in [7, 11) is 0. The molecule has 2 aliphatic heterocycles. The number of hydrogen-bond acceptors (Lipinski definition) is 5. The molecular formula is C24H22ClF2N3O5. The Kier molecular flexibility index (Phi) is 6.75. The number of amides is 4. The third kappa shape index (κ3) is 4.84. The second kappa shape index (κ2) is 9.61. The number of nitrogens with zero attached hydrogens (tertiary/aromatic N) is 1. The van der Waals surface area contributed by atoms with Gasteiger partial charge in [-0.25, -0.2) is 0 Å². The Morgan fingerprint density at radius 3 is 2.71 bits per heavy atom. The third-order valence-corrected chi connectivity index (χ3v) is 6.14. The van der Waals surface area contributed by atoms with Gasteiger partial charge in [-0.2, -0.15) is 8.78 Å². The van der Waals surface area contributed by atoms with E-state index in [9.17, 15) is 28.0 Å². The van der Waals surface area contributed by atoms with E-state index in [1.54, 1.807) is 19.1 Å². The minimum absolute atomic E-state index is 0.120. The molecule has 1 saturated heterocycles. The van der Waals surface area contributed by atoms with E-state index in [0.29, 0.717) is 16.7 Å². The average Bonchev–Trinajstić information content (AvgIpc) is 3.13. The van der Waals surface area contributed by atoms with Crippen molar-refractivity contribution in [3.05, 3.63) is 63.7 Å². The highest BCUT2D eigenvalue weighted by Gasteiger charge is 2.43. The van der Waals surface area contributed by atoms with Crippen LogP contribution in [0.25, 0.3) is 0 Å². The molecule has 2 heterocycles. The number of nitrogens with one attached hydrogen (secondary N) is 2. The predicted molar refractivity (Wildman–Crippen MR) is 121 cm³/mol. The molecule has 0 bridgehead atoms. The van der Waals surface area contributed by atoms with Crippen molar-refractivity contribution in [2.45, 2.75) is 44.8 Å². The van der Waals surface area contributed by atoms with Gasteiger partial charge in [0.05, 0.1) is 12.2 Å². The highest BCUT2D eigenvalue weighted by Crippen LogP contribution is 2.37. The van der Waals surface area contributed by atoms with Gasteiger partial charge in [0.2, 0.25) is 11.8 Å². The number of benzene rings is 2. The lowest BCUT2D eigenvalue weighted by atomic mass is 10.0. The summed E-state index contributed by atoms with van der Waals surface area (Å²) in [5.41, 5.74) is 0.903. The van der Waals surface area contributed by atoms with Crippen molar-refractivity contribution in [1.29, 1.82) is 0 Å². The molecule has 35 heavy (non-hydrogen) atoms. The Morgan fingerprint density at radius 1 is 1.23 bits per heavy atom. The second-order valence-electron chi connectivity index (χ2n) is 8.22. The molecule has 11 heteroatoms. The Bertz CT molecular complexity index is 1220. The van der Waals surface area contributed by atoms with Crippen molar-refractivity contribution in [1.82, 2.24) is 15.5 Å². The fourth-order valence-electron chi connectivity index (χ4n) is 4.18. The SMILES string of the molecule is CCOc1cc(Cl)ccc1C(F)(F)C(=O)NCc1ccc2c(c1)CN(C1CCC(=O)NC1=O)C2=O. The Morgan fingerprint density at radius 2 is 2.00 bits per heavy atom. The first-order valence-corrected chi connectivity index (χ1v) is 11.3. The number of halogens is 3. The molecule has 4 rings (SSSR count). The van der Waals surface area contributed by atoms with Gasteiger partial charge in [-0.3, -0.25) is 24.5 Å². The van der Waals surface area contributed by atoms with Crippen molar-refractivity contribution >= 4 is 35.2 Å². The number of ether oxygens (including phenoxy) is 1. The van der Waals surface area contributed by atoms with Crippen molar-refractivity contribution in [2.75, 3.05) is 6.61 Å². The van der Waals surface area contributed by atoms with E-state index in [2.05, 4.69) is 10.6 Å². The fraction of sp³-hybridized carbons (Fsp3) is 0.333. The van der Waals surface area contributed by atoms with Gasteiger partial charge < -0.3 is 15.0 Å². The molecule has 1 fully saturated rings. The van der Waals surface area contributed by atoms with E-state index in [4.69, 9.17) is 16.3 Å². The van der Waals surface area contributed by atoms with Gasteiger partial charge in [0.15, 0.2) is 0 Å². The summed E-state index contributed by atoms with van der Waals surface area (Å²) in [5, 5.41) is 4.67. The van der Waals surface area contributed by atoms with Gasteiger partial charge in [0.25, 0.3) is 11.8 Å². The summed E-state index contributed by atoms with van der Waals surface area (Å²) in [6.45, 7) is 1.68. The van der Waals surface area contributed by atoms with Crippen molar-refractivity contribution in [3.63, 3.8) is 0 Å². The molecule has 0 spiro atoms. The lowest BCUT2D eigenvalue weighted by Crippen LogP contribution is -2.52. The van der Waals surface area contributed by atoms with Crippen LogP contribution in [0.5, 0.6) is 5.75 Å². The maximum absolute atomic E-state index is 14.9. The lowest BCUT2D eigenvalue weighted by Gasteiger charge is -2.29. The average molecular weight is 506 g/mol. The number of alkyl halides is 2. The van der Waals surface area contributed by atoms with Gasteiger partial charge in [0, 0.05) is 30.1 Å². The minimum Gasteiger partial charge on any atom is -0.493 e. The molecule has 0 radical (unpaired) electrons. The molecule has 4 amide bonds. The standard InChI is InChI=1S/C24H22ClF2N3O5/c1-2-35-19-10-15(25)4-6-17(19)24(26,27)23(34)28-11-13-3-5-16-14(9-13)12-30(22(16)33)18-7-8-20(31)29-21(18)32/h3-6,9-10,18H,2,7-8,11-12H2,1H3,(H,28,34)(H,29,31,32). The summed E-state index contributed by atoms with van der Waals surface area (Å²) in [6, 6.07) is 7.50. The van der Waals surface area contributed by atoms with Crippen molar-refractivity contribution < 1.29 is 32.7 Å². The second-order valence-corrected chi connectivity index (χ2v) is 8.66. The zero-order valence-corrected chi connectivity index (χ0v) is 19.5. The molecule has 2 aromatic carbocycles. The van der Waals surface area contributed by atoms with Crippen LogP contribution in [0, 0.1) is 0 Å². The quantitative estimate of drug-likeness (QED) is 0.563. The first kappa shape index (κ1) is 24.6. The maximum atomic E-state index is 14.9. The molecule has 0 aromatic heterocycles. The van der Waals surface area contributed by atoms with Crippen LogP contribution in [0.2, 0.25) is 5.02 Å². The predicted octanol–water partition coefficient (Wildman–Crippen LogP) is 2.91. The molecule has 8 nitrogen and oxygen atoms in total. The van der Waals surface area contributed by atoms with Crippen molar-refractivity contribution in [2.24, 2.45) is 0 Å². The summed E-state index contributed by atoms with van der Waals surface area (Å²) in [4.78, 5) is 50.1. The van der Waals surface area contributed by atoms with E-state index in [-0.39, 0.29) is 55.1 Å². The van der Waals surface area contributed by atoms with E-state index in [1.807, 2.05) is 0 Å².